The summed E-state index contributed by atoms with van der Waals surface area (Å²) in [5, 5.41) is 15.4. The van der Waals surface area contributed by atoms with Gasteiger partial charge in [0.05, 0.1) is 32.5 Å². The first-order chi connectivity index (χ1) is 16.1. The second-order valence-electron chi connectivity index (χ2n) is 7.88. The van der Waals surface area contributed by atoms with E-state index in [1.54, 1.807) is 35.6 Å². The van der Waals surface area contributed by atoms with Crippen LogP contribution in [0.4, 0.5) is 10.1 Å². The minimum Gasteiger partial charge on any atom is -0.336 e. The van der Waals surface area contributed by atoms with Crippen LogP contribution >= 0.6 is 0 Å². The van der Waals surface area contributed by atoms with E-state index in [1.165, 1.54) is 34.6 Å². The number of carbonyl (C=O) groups excluding carboxylic acids is 1. The van der Waals surface area contributed by atoms with Crippen molar-refractivity contribution in [2.24, 2.45) is 0 Å². The molecule has 0 spiro atoms. The molecule has 0 saturated carbocycles. The quantitative estimate of drug-likeness (QED) is 0.403. The van der Waals surface area contributed by atoms with E-state index < -0.39 is 14.9 Å². The highest BCUT2D eigenvalue weighted by molar-refractivity contribution is 7.89. The summed E-state index contributed by atoms with van der Waals surface area (Å²) in [6.07, 6.45) is 0. The molecule has 0 unspecified atom stereocenters. The van der Waals surface area contributed by atoms with Gasteiger partial charge in [-0.3, -0.25) is 14.9 Å². The van der Waals surface area contributed by atoms with E-state index in [2.05, 4.69) is 5.10 Å². The number of non-ortho nitro benzene ring substituents is 1. The van der Waals surface area contributed by atoms with Crippen molar-refractivity contribution in [2.75, 3.05) is 26.2 Å². The topological polar surface area (TPSA) is 119 Å². The van der Waals surface area contributed by atoms with Crippen LogP contribution in [0.1, 0.15) is 21.7 Å². The number of hydrogen-bond donors (Lipinski definition) is 0. The third kappa shape index (κ3) is 4.29. The molecule has 0 bridgehead atoms. The Morgan fingerprint density at radius 1 is 1.06 bits per heavy atom. The molecule has 2 aromatic carbocycles. The lowest BCUT2D eigenvalue weighted by Gasteiger charge is -2.34. The van der Waals surface area contributed by atoms with E-state index in [1.807, 2.05) is 0 Å². The van der Waals surface area contributed by atoms with E-state index >= 15 is 0 Å². The predicted molar refractivity (Wildman–Crippen MR) is 121 cm³/mol. The Bertz CT molecular complexity index is 1360. The molecule has 1 amide bonds. The SMILES string of the molecule is Cc1nn(-c2ccc(F)cc2)c(C)c1C(=O)N1CCN(S(=O)(=O)c2cccc([N+](=O)[O-])c2)CC1. The highest BCUT2D eigenvalue weighted by Gasteiger charge is 2.33. The molecular weight excluding hydrogens is 465 g/mol. The first-order valence-electron chi connectivity index (χ1n) is 10.5. The molecule has 0 N–H and O–H groups in total. The lowest BCUT2D eigenvalue weighted by atomic mass is 10.1. The Morgan fingerprint density at radius 2 is 1.71 bits per heavy atom. The maximum atomic E-state index is 13.3. The molecule has 0 radical (unpaired) electrons. The van der Waals surface area contributed by atoms with Crippen LogP contribution in [0.15, 0.2) is 53.4 Å². The zero-order chi connectivity index (χ0) is 24.6. The number of halogens is 1. The second-order valence-corrected chi connectivity index (χ2v) is 9.82. The second kappa shape index (κ2) is 8.95. The van der Waals surface area contributed by atoms with Gasteiger partial charge >= 0.3 is 0 Å². The van der Waals surface area contributed by atoms with Crippen LogP contribution in [-0.4, -0.2) is 64.4 Å². The van der Waals surface area contributed by atoms with Gasteiger partial charge in [0.2, 0.25) is 10.0 Å². The maximum absolute atomic E-state index is 13.3. The largest absolute Gasteiger partial charge is 0.336 e. The van der Waals surface area contributed by atoms with Crippen molar-refractivity contribution in [1.82, 2.24) is 19.0 Å². The molecule has 0 atom stereocenters. The Hall–Kier alpha value is -3.64. The van der Waals surface area contributed by atoms with Crippen molar-refractivity contribution in [1.29, 1.82) is 0 Å². The monoisotopic (exact) mass is 487 g/mol. The highest BCUT2D eigenvalue weighted by Crippen LogP contribution is 2.24. The van der Waals surface area contributed by atoms with Crippen molar-refractivity contribution >= 4 is 21.6 Å². The third-order valence-electron chi connectivity index (χ3n) is 5.77. The van der Waals surface area contributed by atoms with Crippen molar-refractivity contribution < 1.29 is 22.5 Å². The molecule has 1 fully saturated rings. The molecule has 10 nitrogen and oxygen atoms in total. The number of aryl methyl sites for hydroxylation is 1. The van der Waals surface area contributed by atoms with Crippen LogP contribution in [0.3, 0.4) is 0 Å². The molecule has 2 heterocycles. The average Bonchev–Trinajstić information content (AvgIpc) is 3.13. The standard InChI is InChI=1S/C22H22FN5O5S/c1-15-21(16(2)27(24-15)18-8-6-17(23)7-9-18)22(29)25-10-12-26(13-11-25)34(32,33)20-5-3-4-19(14-20)28(30)31/h3-9,14H,10-13H2,1-2H3. The van der Waals surface area contributed by atoms with Gasteiger partial charge in [0.15, 0.2) is 0 Å². The van der Waals surface area contributed by atoms with E-state index in [4.69, 9.17) is 0 Å². The lowest BCUT2D eigenvalue weighted by Crippen LogP contribution is -2.50. The fourth-order valence-electron chi connectivity index (χ4n) is 3.98. The number of carbonyl (C=O) groups is 1. The highest BCUT2D eigenvalue weighted by atomic mass is 32.2. The Balaban J connectivity index is 1.51. The molecule has 4 rings (SSSR count). The van der Waals surface area contributed by atoms with Crippen LogP contribution in [0.2, 0.25) is 0 Å². The number of nitro benzene ring substituents is 1. The molecule has 12 heteroatoms. The third-order valence-corrected chi connectivity index (χ3v) is 7.66. The zero-order valence-corrected chi connectivity index (χ0v) is 19.3. The Morgan fingerprint density at radius 3 is 2.32 bits per heavy atom. The van der Waals surface area contributed by atoms with Crippen molar-refractivity contribution in [2.45, 2.75) is 18.7 Å². The number of nitrogens with zero attached hydrogens (tertiary/aromatic N) is 5. The van der Waals surface area contributed by atoms with Gasteiger partial charge in [-0.05, 0) is 44.2 Å². The van der Waals surface area contributed by atoms with E-state index in [9.17, 15) is 27.7 Å². The summed E-state index contributed by atoms with van der Waals surface area (Å²) in [6, 6.07) is 10.7. The van der Waals surface area contributed by atoms with Gasteiger partial charge in [-0.1, -0.05) is 6.07 Å². The fourth-order valence-corrected chi connectivity index (χ4v) is 5.44. The first kappa shape index (κ1) is 23.5. The minimum absolute atomic E-state index is 0.0565. The first-order valence-corrected chi connectivity index (χ1v) is 11.9. The van der Waals surface area contributed by atoms with E-state index in [0.717, 1.165) is 6.07 Å². The summed E-state index contributed by atoms with van der Waals surface area (Å²) in [5.74, 6) is -0.643. The normalized spacial score (nSPS) is 14.9. The smallest absolute Gasteiger partial charge is 0.270 e. The van der Waals surface area contributed by atoms with Crippen molar-refractivity contribution in [3.63, 3.8) is 0 Å². The van der Waals surface area contributed by atoms with Crippen LogP contribution < -0.4 is 0 Å². The zero-order valence-electron chi connectivity index (χ0n) is 18.5. The molecule has 1 aromatic heterocycles. The number of amides is 1. The van der Waals surface area contributed by atoms with Crippen LogP contribution in [0.25, 0.3) is 5.69 Å². The van der Waals surface area contributed by atoms with Crippen LogP contribution in [-0.2, 0) is 10.0 Å². The van der Waals surface area contributed by atoms with E-state index in [0.29, 0.717) is 22.6 Å². The number of nitro groups is 1. The molecule has 34 heavy (non-hydrogen) atoms. The van der Waals surface area contributed by atoms with Gasteiger partial charge in [0.25, 0.3) is 11.6 Å². The van der Waals surface area contributed by atoms with Gasteiger partial charge in [0, 0.05) is 38.3 Å². The summed E-state index contributed by atoms with van der Waals surface area (Å²) in [7, 11) is -3.94. The Kier molecular flexibility index (Phi) is 6.19. The van der Waals surface area contributed by atoms with Gasteiger partial charge in [-0.2, -0.15) is 9.40 Å². The Labute approximate surface area is 195 Å². The number of piperazine rings is 1. The minimum atomic E-state index is -3.94. The summed E-state index contributed by atoms with van der Waals surface area (Å²) in [6.45, 7) is 3.89. The predicted octanol–water partition coefficient (Wildman–Crippen LogP) is 2.68. The number of rotatable bonds is 5. The van der Waals surface area contributed by atoms with Gasteiger partial charge in [-0.15, -0.1) is 0 Å². The van der Waals surface area contributed by atoms with E-state index in [-0.39, 0.29) is 48.5 Å². The summed E-state index contributed by atoms with van der Waals surface area (Å²) in [4.78, 5) is 25.0. The molecule has 0 aliphatic carbocycles. The molecule has 1 saturated heterocycles. The molecule has 3 aromatic rings. The number of sulfonamides is 1. The van der Waals surface area contributed by atoms with Gasteiger partial charge in [0.1, 0.15) is 5.82 Å². The molecule has 1 aliphatic rings. The number of aromatic nitrogens is 2. The van der Waals surface area contributed by atoms with Crippen molar-refractivity contribution in [3.05, 3.63) is 81.4 Å². The summed E-state index contributed by atoms with van der Waals surface area (Å²) in [5.41, 5.74) is 1.84. The van der Waals surface area contributed by atoms with Gasteiger partial charge in [-0.25, -0.2) is 17.5 Å². The van der Waals surface area contributed by atoms with Gasteiger partial charge < -0.3 is 4.90 Å². The fraction of sp³-hybridized carbons (Fsp3) is 0.273. The molecule has 1 aliphatic heterocycles. The number of benzene rings is 2. The van der Waals surface area contributed by atoms with Crippen LogP contribution in [0, 0.1) is 29.8 Å². The maximum Gasteiger partial charge on any atom is 0.270 e. The van der Waals surface area contributed by atoms with Crippen LogP contribution in [0.5, 0.6) is 0 Å². The summed E-state index contributed by atoms with van der Waals surface area (Å²) >= 11 is 0. The molecular formula is C22H22FN5O5S. The number of hydrogen-bond acceptors (Lipinski definition) is 6. The van der Waals surface area contributed by atoms with Crippen molar-refractivity contribution in [3.8, 4) is 5.69 Å². The summed E-state index contributed by atoms with van der Waals surface area (Å²) < 4.78 is 42.0. The average molecular weight is 488 g/mol. The molecule has 178 valence electrons. The lowest BCUT2D eigenvalue weighted by molar-refractivity contribution is -0.385.